The fourth-order valence-corrected chi connectivity index (χ4v) is 4.29. The third-order valence-corrected chi connectivity index (χ3v) is 6.10. The van der Waals surface area contributed by atoms with Gasteiger partial charge in [0.1, 0.15) is 0 Å². The second-order valence-electron chi connectivity index (χ2n) is 7.74. The number of fused-ring (bicyclic) bond motifs is 1. The fourth-order valence-electron chi connectivity index (χ4n) is 4.02. The summed E-state index contributed by atoms with van der Waals surface area (Å²) in [5, 5.41) is 20.5. The molecule has 150 valence electrons. The first-order valence-electron chi connectivity index (χ1n) is 10.1. The number of aromatic nitrogens is 1. The van der Waals surface area contributed by atoms with Crippen LogP contribution in [0.15, 0.2) is 58.8 Å². The van der Waals surface area contributed by atoms with Gasteiger partial charge in [0.2, 0.25) is 5.88 Å². The number of thiocarbonyl (C=S) groups is 1. The number of aromatic hydroxyl groups is 1. The number of likely N-dealkylation sites (tertiary alicyclic amines) is 1. The largest absolute Gasteiger partial charge is 0.493 e. The number of benzene rings is 2. The van der Waals surface area contributed by atoms with Crippen molar-refractivity contribution in [3.63, 3.8) is 0 Å². The molecule has 1 aromatic heterocycles. The monoisotopic (exact) mass is 406 g/mol. The van der Waals surface area contributed by atoms with Crippen LogP contribution in [0, 0.1) is 6.92 Å². The molecule has 1 aliphatic rings. The summed E-state index contributed by atoms with van der Waals surface area (Å²) in [6, 6.07) is 16.3. The van der Waals surface area contributed by atoms with Crippen LogP contribution in [-0.4, -0.2) is 32.1 Å². The Labute approximate surface area is 176 Å². The summed E-state index contributed by atoms with van der Waals surface area (Å²) in [5.74, 6) is 0.139. The number of aryl methyl sites for hydroxylation is 1. The van der Waals surface area contributed by atoms with Gasteiger partial charge in [-0.25, -0.2) is 0 Å². The smallest absolute Gasteiger partial charge is 0.221 e. The molecular formula is C23H26N4OS. The highest BCUT2D eigenvalue weighted by molar-refractivity contribution is 7.80. The van der Waals surface area contributed by atoms with Crippen LogP contribution in [0.3, 0.4) is 0 Å². The zero-order valence-corrected chi connectivity index (χ0v) is 17.7. The highest BCUT2D eigenvalue weighted by Gasteiger charge is 2.22. The normalized spacial score (nSPS) is 17.9. The Hall–Kier alpha value is -2.57. The molecule has 0 bridgehead atoms. The van der Waals surface area contributed by atoms with E-state index in [1.807, 2.05) is 60.0 Å². The van der Waals surface area contributed by atoms with E-state index < -0.39 is 0 Å². The van der Waals surface area contributed by atoms with Gasteiger partial charge >= 0.3 is 0 Å². The van der Waals surface area contributed by atoms with Crippen molar-refractivity contribution in [1.82, 2.24) is 9.47 Å². The molecule has 3 aromatic rings. The quantitative estimate of drug-likeness (QED) is 0.430. The van der Waals surface area contributed by atoms with Gasteiger partial charge in [0.25, 0.3) is 0 Å². The molecule has 1 aliphatic heterocycles. The predicted octanol–water partition coefficient (Wildman–Crippen LogP) is 5.95. The summed E-state index contributed by atoms with van der Waals surface area (Å²) in [6.07, 6.45) is 3.66. The molecule has 6 heteroatoms. The van der Waals surface area contributed by atoms with Crippen LogP contribution in [0.5, 0.6) is 5.88 Å². The SMILES string of the molecule is Cc1ccccc1C(=S)N=Nc1c(O)n(CN2CCCC[C@@H]2C)c2ccccc12. The van der Waals surface area contributed by atoms with Crippen molar-refractivity contribution in [2.45, 2.75) is 45.8 Å². The average Bonchev–Trinajstić information content (AvgIpc) is 2.99. The lowest BCUT2D eigenvalue weighted by molar-refractivity contribution is 0.120. The third-order valence-electron chi connectivity index (χ3n) is 5.80. The Morgan fingerprint density at radius 1 is 1.14 bits per heavy atom. The number of azo groups is 1. The lowest BCUT2D eigenvalue weighted by atomic mass is 10.0. The molecule has 1 N–H and O–H groups in total. The lowest BCUT2D eigenvalue weighted by Crippen LogP contribution is -2.38. The maximum Gasteiger partial charge on any atom is 0.221 e. The predicted molar refractivity (Wildman–Crippen MR) is 121 cm³/mol. The topological polar surface area (TPSA) is 53.1 Å². The summed E-state index contributed by atoms with van der Waals surface area (Å²) >= 11 is 5.47. The minimum Gasteiger partial charge on any atom is -0.493 e. The highest BCUT2D eigenvalue weighted by atomic mass is 32.1. The standard InChI is InChI=1S/C23H26N4OS/c1-16-9-3-4-11-18(16)22(29)25-24-21-19-12-5-6-13-20(19)27(23(21)28)15-26-14-8-7-10-17(26)2/h3-6,9,11-13,17,28H,7-8,10,14-15H2,1-2H3/t17-/m0/s1. The van der Waals surface area contributed by atoms with Gasteiger partial charge in [0.15, 0.2) is 10.7 Å². The van der Waals surface area contributed by atoms with Gasteiger partial charge in [0, 0.05) is 23.5 Å². The summed E-state index contributed by atoms with van der Waals surface area (Å²) in [5.41, 5.74) is 3.37. The van der Waals surface area contributed by atoms with Crippen molar-refractivity contribution >= 4 is 33.8 Å². The number of piperidine rings is 1. The Balaban J connectivity index is 1.69. The summed E-state index contributed by atoms with van der Waals surface area (Å²) in [6.45, 7) is 5.94. The average molecular weight is 407 g/mol. The second kappa shape index (κ2) is 8.43. The number of rotatable bonds is 4. The molecule has 2 heterocycles. The number of para-hydroxylation sites is 1. The maximum atomic E-state index is 11.0. The Bertz CT molecular complexity index is 1070. The van der Waals surface area contributed by atoms with Crippen LogP contribution in [0.25, 0.3) is 10.9 Å². The molecule has 1 saturated heterocycles. The molecule has 1 fully saturated rings. The van der Waals surface area contributed by atoms with Crippen LogP contribution in [0.2, 0.25) is 0 Å². The molecule has 29 heavy (non-hydrogen) atoms. The molecular weight excluding hydrogens is 380 g/mol. The van der Waals surface area contributed by atoms with Crippen LogP contribution in [0.1, 0.15) is 37.3 Å². The highest BCUT2D eigenvalue weighted by Crippen LogP contribution is 2.39. The third kappa shape index (κ3) is 3.95. The van der Waals surface area contributed by atoms with E-state index in [-0.39, 0.29) is 5.88 Å². The summed E-state index contributed by atoms with van der Waals surface area (Å²) in [4.78, 5) is 2.83. The van der Waals surface area contributed by atoms with Gasteiger partial charge in [-0.1, -0.05) is 61.1 Å². The summed E-state index contributed by atoms with van der Waals surface area (Å²) < 4.78 is 1.93. The van der Waals surface area contributed by atoms with Crippen molar-refractivity contribution in [2.24, 2.45) is 10.2 Å². The second-order valence-corrected chi connectivity index (χ2v) is 8.12. The van der Waals surface area contributed by atoms with E-state index in [2.05, 4.69) is 22.1 Å². The molecule has 0 radical (unpaired) electrons. The fraction of sp³-hybridized carbons (Fsp3) is 0.348. The van der Waals surface area contributed by atoms with Crippen LogP contribution < -0.4 is 0 Å². The van der Waals surface area contributed by atoms with E-state index in [0.29, 0.717) is 23.4 Å². The van der Waals surface area contributed by atoms with Crippen LogP contribution >= 0.6 is 12.2 Å². The van der Waals surface area contributed by atoms with E-state index in [4.69, 9.17) is 12.2 Å². The Kier molecular flexibility index (Phi) is 5.74. The number of hydrogen-bond acceptors (Lipinski definition) is 4. The molecule has 0 saturated carbocycles. The Morgan fingerprint density at radius 2 is 1.90 bits per heavy atom. The molecule has 0 spiro atoms. The van der Waals surface area contributed by atoms with Gasteiger partial charge in [-0.15, -0.1) is 10.2 Å². The van der Waals surface area contributed by atoms with Crippen molar-refractivity contribution in [1.29, 1.82) is 0 Å². The minimum absolute atomic E-state index is 0.139. The molecule has 1 atom stereocenters. The number of nitrogens with zero attached hydrogens (tertiary/aromatic N) is 4. The van der Waals surface area contributed by atoms with E-state index in [9.17, 15) is 5.11 Å². The van der Waals surface area contributed by atoms with Crippen molar-refractivity contribution in [3.05, 3.63) is 59.7 Å². The van der Waals surface area contributed by atoms with Gasteiger partial charge in [-0.05, 0) is 38.3 Å². The first-order valence-corrected chi connectivity index (χ1v) is 10.5. The van der Waals surface area contributed by atoms with Gasteiger partial charge in [0.05, 0.1) is 12.2 Å². The number of hydrogen-bond donors (Lipinski definition) is 1. The van der Waals surface area contributed by atoms with E-state index in [0.717, 1.165) is 28.6 Å². The summed E-state index contributed by atoms with van der Waals surface area (Å²) in [7, 11) is 0. The molecule has 0 aliphatic carbocycles. The molecule has 0 unspecified atom stereocenters. The zero-order valence-electron chi connectivity index (χ0n) is 16.9. The van der Waals surface area contributed by atoms with Gasteiger partial charge in [-0.3, -0.25) is 9.47 Å². The molecule has 0 amide bonds. The molecule has 4 rings (SSSR count). The van der Waals surface area contributed by atoms with Crippen LogP contribution in [-0.2, 0) is 6.67 Å². The van der Waals surface area contributed by atoms with Crippen molar-refractivity contribution < 1.29 is 5.11 Å². The first kappa shape index (κ1) is 19.7. The van der Waals surface area contributed by atoms with Crippen LogP contribution in [0.4, 0.5) is 5.69 Å². The first-order chi connectivity index (χ1) is 14.1. The Morgan fingerprint density at radius 3 is 2.69 bits per heavy atom. The van der Waals surface area contributed by atoms with Crippen molar-refractivity contribution in [2.75, 3.05) is 6.54 Å². The van der Waals surface area contributed by atoms with E-state index >= 15 is 0 Å². The van der Waals surface area contributed by atoms with Gasteiger partial charge < -0.3 is 5.11 Å². The molecule has 5 nitrogen and oxygen atoms in total. The van der Waals surface area contributed by atoms with E-state index in [1.165, 1.54) is 19.3 Å². The van der Waals surface area contributed by atoms with Gasteiger partial charge in [-0.2, -0.15) is 0 Å². The zero-order chi connectivity index (χ0) is 20.4. The van der Waals surface area contributed by atoms with E-state index in [1.54, 1.807) is 0 Å². The van der Waals surface area contributed by atoms with Crippen molar-refractivity contribution in [3.8, 4) is 5.88 Å². The minimum atomic E-state index is 0.139. The lowest BCUT2D eigenvalue weighted by Gasteiger charge is -2.33. The maximum absolute atomic E-state index is 11.0. The molecule has 2 aromatic carbocycles.